The number of benzene rings is 2. The first-order chi connectivity index (χ1) is 8.53. The lowest BCUT2D eigenvalue weighted by Gasteiger charge is -2.05. The van der Waals surface area contributed by atoms with Crippen molar-refractivity contribution in [3.05, 3.63) is 54.1 Å². The van der Waals surface area contributed by atoms with Gasteiger partial charge in [0.2, 0.25) is 10.0 Å². The molecule has 0 aromatic heterocycles. The first-order valence-electron chi connectivity index (χ1n) is 5.63. The summed E-state index contributed by atoms with van der Waals surface area (Å²) >= 11 is 0. The van der Waals surface area contributed by atoms with Crippen molar-refractivity contribution >= 4 is 10.0 Å². The molecule has 3 nitrogen and oxygen atoms in total. The topological polar surface area (TPSA) is 46.2 Å². The summed E-state index contributed by atoms with van der Waals surface area (Å²) in [5, 5.41) is 0. The Morgan fingerprint density at radius 2 is 1.28 bits per heavy atom. The van der Waals surface area contributed by atoms with E-state index in [-0.39, 0.29) is 4.90 Å². The largest absolute Gasteiger partial charge is 0.240 e. The van der Waals surface area contributed by atoms with Crippen LogP contribution >= 0.6 is 0 Å². The van der Waals surface area contributed by atoms with Gasteiger partial charge in [-0.2, -0.15) is 0 Å². The lowest BCUT2D eigenvalue weighted by Crippen LogP contribution is -2.18. The van der Waals surface area contributed by atoms with Gasteiger partial charge >= 0.3 is 0 Å². The summed E-state index contributed by atoms with van der Waals surface area (Å²) in [7, 11) is -1.95. The van der Waals surface area contributed by atoms with Crippen LogP contribution in [-0.4, -0.2) is 15.5 Å². The van der Waals surface area contributed by atoms with Crippen LogP contribution in [-0.2, 0) is 10.0 Å². The molecule has 4 heteroatoms. The van der Waals surface area contributed by atoms with Crippen molar-refractivity contribution in [2.24, 2.45) is 0 Å². The first kappa shape index (κ1) is 12.8. The van der Waals surface area contributed by atoms with Crippen molar-refractivity contribution in [3.8, 4) is 11.1 Å². The van der Waals surface area contributed by atoms with Crippen molar-refractivity contribution in [3.63, 3.8) is 0 Å². The first-order valence-corrected chi connectivity index (χ1v) is 7.12. The zero-order chi connectivity index (χ0) is 13.2. The highest BCUT2D eigenvalue weighted by Gasteiger charge is 2.10. The minimum atomic E-state index is -3.35. The maximum absolute atomic E-state index is 11.6. The van der Waals surface area contributed by atoms with Gasteiger partial charge in [0.1, 0.15) is 0 Å². The highest BCUT2D eigenvalue weighted by Crippen LogP contribution is 2.21. The Morgan fingerprint density at radius 1 is 0.833 bits per heavy atom. The van der Waals surface area contributed by atoms with Gasteiger partial charge in [-0.1, -0.05) is 42.0 Å². The van der Waals surface area contributed by atoms with E-state index in [9.17, 15) is 8.42 Å². The lowest BCUT2D eigenvalue weighted by molar-refractivity contribution is 0.588. The van der Waals surface area contributed by atoms with E-state index in [1.54, 1.807) is 12.1 Å². The van der Waals surface area contributed by atoms with Gasteiger partial charge in [0.25, 0.3) is 0 Å². The van der Waals surface area contributed by atoms with Crippen LogP contribution in [0.25, 0.3) is 11.1 Å². The molecule has 0 unspecified atom stereocenters. The Morgan fingerprint density at radius 3 is 1.72 bits per heavy atom. The Hall–Kier alpha value is -1.65. The highest BCUT2D eigenvalue weighted by atomic mass is 32.2. The molecule has 0 radical (unpaired) electrons. The fraction of sp³-hybridized carbons (Fsp3) is 0.143. The molecule has 0 saturated carbocycles. The van der Waals surface area contributed by atoms with Crippen molar-refractivity contribution in [1.82, 2.24) is 4.72 Å². The number of hydrogen-bond donors (Lipinski definition) is 1. The quantitative estimate of drug-likeness (QED) is 0.923. The van der Waals surface area contributed by atoms with Crippen LogP contribution in [0.5, 0.6) is 0 Å². The SMILES string of the molecule is CNS(=O)(=O)c1ccc(-c2ccc(C)cc2)cc1. The standard InChI is InChI=1S/C14H15NO2S/c1-11-3-5-12(6-4-11)13-7-9-14(10-8-13)18(16,17)15-2/h3-10,15H,1-2H3. The van der Waals surface area contributed by atoms with Gasteiger partial charge in [-0.3, -0.25) is 0 Å². The van der Waals surface area contributed by atoms with E-state index in [2.05, 4.69) is 4.72 Å². The molecule has 0 aliphatic rings. The predicted octanol–water partition coefficient (Wildman–Crippen LogP) is 2.57. The molecule has 0 saturated heterocycles. The molecule has 0 fully saturated rings. The summed E-state index contributed by atoms with van der Waals surface area (Å²) in [6.45, 7) is 2.03. The van der Waals surface area contributed by atoms with Crippen molar-refractivity contribution in [2.45, 2.75) is 11.8 Å². The van der Waals surface area contributed by atoms with E-state index in [1.165, 1.54) is 12.6 Å². The molecule has 0 aliphatic heterocycles. The Labute approximate surface area is 108 Å². The summed E-state index contributed by atoms with van der Waals surface area (Å²) in [6.07, 6.45) is 0. The molecule has 0 amide bonds. The van der Waals surface area contributed by atoms with E-state index < -0.39 is 10.0 Å². The van der Waals surface area contributed by atoms with Crippen LogP contribution in [0, 0.1) is 6.92 Å². The van der Waals surface area contributed by atoms with Gasteiger partial charge in [0, 0.05) is 0 Å². The predicted molar refractivity (Wildman–Crippen MR) is 72.9 cm³/mol. The second-order valence-electron chi connectivity index (χ2n) is 4.10. The molecule has 2 aromatic carbocycles. The molecule has 1 N–H and O–H groups in total. The third-order valence-corrected chi connectivity index (χ3v) is 4.25. The number of rotatable bonds is 3. The maximum Gasteiger partial charge on any atom is 0.240 e. The van der Waals surface area contributed by atoms with Gasteiger partial charge in [-0.15, -0.1) is 0 Å². The Balaban J connectivity index is 2.36. The lowest BCUT2D eigenvalue weighted by atomic mass is 10.0. The van der Waals surface area contributed by atoms with Gasteiger partial charge in [0.15, 0.2) is 0 Å². The average Bonchev–Trinajstić information content (AvgIpc) is 2.40. The molecule has 0 bridgehead atoms. The minimum Gasteiger partial charge on any atom is -0.214 e. The molecule has 0 atom stereocenters. The van der Waals surface area contributed by atoms with Crippen molar-refractivity contribution in [2.75, 3.05) is 7.05 Å². The number of aryl methyl sites for hydroxylation is 1. The smallest absolute Gasteiger partial charge is 0.214 e. The van der Waals surface area contributed by atoms with E-state index in [1.807, 2.05) is 43.3 Å². The van der Waals surface area contributed by atoms with Gasteiger partial charge in [0.05, 0.1) is 4.90 Å². The van der Waals surface area contributed by atoms with E-state index in [0.717, 1.165) is 11.1 Å². The van der Waals surface area contributed by atoms with Crippen LogP contribution in [0.15, 0.2) is 53.4 Å². The Kier molecular flexibility index (Phi) is 3.50. The molecule has 0 heterocycles. The summed E-state index contributed by atoms with van der Waals surface area (Å²) in [4.78, 5) is 0.279. The van der Waals surface area contributed by atoms with Crippen LogP contribution in [0.2, 0.25) is 0 Å². The van der Waals surface area contributed by atoms with Gasteiger partial charge in [-0.25, -0.2) is 13.1 Å². The summed E-state index contributed by atoms with van der Waals surface area (Å²) in [5.41, 5.74) is 3.28. The maximum atomic E-state index is 11.6. The molecular formula is C14H15NO2S. The normalized spacial score (nSPS) is 11.4. The zero-order valence-corrected chi connectivity index (χ0v) is 11.2. The molecule has 2 rings (SSSR count). The van der Waals surface area contributed by atoms with E-state index in [4.69, 9.17) is 0 Å². The van der Waals surface area contributed by atoms with Crippen molar-refractivity contribution in [1.29, 1.82) is 0 Å². The number of sulfonamides is 1. The second-order valence-corrected chi connectivity index (χ2v) is 5.98. The summed E-state index contributed by atoms with van der Waals surface area (Å²) < 4.78 is 25.5. The summed E-state index contributed by atoms with van der Waals surface area (Å²) in [5.74, 6) is 0. The van der Waals surface area contributed by atoms with Crippen LogP contribution in [0.3, 0.4) is 0 Å². The van der Waals surface area contributed by atoms with E-state index in [0.29, 0.717) is 0 Å². The monoisotopic (exact) mass is 261 g/mol. The van der Waals surface area contributed by atoms with Crippen LogP contribution < -0.4 is 4.72 Å². The fourth-order valence-electron chi connectivity index (χ4n) is 1.69. The fourth-order valence-corrected chi connectivity index (χ4v) is 2.42. The molecular weight excluding hydrogens is 246 g/mol. The number of nitrogens with one attached hydrogen (secondary N) is 1. The van der Waals surface area contributed by atoms with Crippen LogP contribution in [0.1, 0.15) is 5.56 Å². The van der Waals surface area contributed by atoms with Gasteiger partial charge in [-0.05, 0) is 37.2 Å². The van der Waals surface area contributed by atoms with E-state index >= 15 is 0 Å². The number of hydrogen-bond acceptors (Lipinski definition) is 2. The molecule has 18 heavy (non-hydrogen) atoms. The Bertz CT molecular complexity index is 628. The summed E-state index contributed by atoms with van der Waals surface area (Å²) in [6, 6.07) is 15.0. The molecule has 94 valence electrons. The minimum absolute atomic E-state index is 0.279. The van der Waals surface area contributed by atoms with Crippen molar-refractivity contribution < 1.29 is 8.42 Å². The molecule has 2 aromatic rings. The average molecular weight is 261 g/mol. The second kappa shape index (κ2) is 4.92. The zero-order valence-electron chi connectivity index (χ0n) is 10.3. The molecule has 0 aliphatic carbocycles. The van der Waals surface area contributed by atoms with Gasteiger partial charge < -0.3 is 0 Å². The highest BCUT2D eigenvalue weighted by molar-refractivity contribution is 7.89. The third-order valence-electron chi connectivity index (χ3n) is 2.82. The third kappa shape index (κ3) is 2.60. The molecule has 0 spiro atoms. The van der Waals surface area contributed by atoms with Crippen LogP contribution in [0.4, 0.5) is 0 Å².